The van der Waals surface area contributed by atoms with Crippen LogP contribution in [0.3, 0.4) is 0 Å². The van der Waals surface area contributed by atoms with Crippen LogP contribution in [0.4, 0.5) is 0 Å². The van der Waals surface area contributed by atoms with Gasteiger partial charge in [-0.3, -0.25) is 0 Å². The highest BCUT2D eigenvalue weighted by Crippen LogP contribution is 2.33. The van der Waals surface area contributed by atoms with Crippen LogP contribution in [-0.2, 0) is 6.42 Å². The zero-order chi connectivity index (χ0) is 13.8. The Hall–Kier alpha value is -1.61. The average Bonchev–Trinajstić information content (AvgIpc) is 2.97. The van der Waals surface area contributed by atoms with Crippen molar-refractivity contribution >= 4 is 0 Å². The van der Waals surface area contributed by atoms with Gasteiger partial charge in [0.15, 0.2) is 6.39 Å². The van der Waals surface area contributed by atoms with Crippen molar-refractivity contribution in [3.63, 3.8) is 0 Å². The molecule has 0 bridgehead atoms. The normalized spacial score (nSPS) is 16.4. The van der Waals surface area contributed by atoms with E-state index in [2.05, 4.69) is 29.2 Å². The second-order valence-electron chi connectivity index (χ2n) is 5.62. The molecule has 106 valence electrons. The molecule has 2 N–H and O–H groups in total. The first-order valence-electron chi connectivity index (χ1n) is 7.61. The first-order chi connectivity index (χ1) is 9.88. The predicted octanol–water partition coefficient (Wildman–Crippen LogP) is 3.89. The minimum atomic E-state index is 0.586. The summed E-state index contributed by atoms with van der Waals surface area (Å²) < 4.78 is 5.41. The molecule has 20 heavy (non-hydrogen) atoms. The fourth-order valence-corrected chi connectivity index (χ4v) is 3.16. The van der Waals surface area contributed by atoms with E-state index in [0.29, 0.717) is 6.54 Å². The Labute approximate surface area is 120 Å². The largest absolute Gasteiger partial charge is 0.448 e. The van der Waals surface area contributed by atoms with Gasteiger partial charge < -0.3 is 10.2 Å². The molecule has 1 aliphatic carbocycles. The molecule has 0 radical (unpaired) electrons. The number of benzene rings is 1. The molecule has 1 heterocycles. The number of oxazole rings is 1. The van der Waals surface area contributed by atoms with Crippen LogP contribution in [0.25, 0.3) is 11.3 Å². The van der Waals surface area contributed by atoms with Gasteiger partial charge in [0.25, 0.3) is 0 Å². The number of nitrogens with two attached hydrogens (primary N) is 1. The van der Waals surface area contributed by atoms with E-state index in [1.165, 1.54) is 44.1 Å². The molecule has 1 fully saturated rings. The predicted molar refractivity (Wildman–Crippen MR) is 80.5 cm³/mol. The van der Waals surface area contributed by atoms with Gasteiger partial charge in [0, 0.05) is 12.0 Å². The highest BCUT2D eigenvalue weighted by Gasteiger charge is 2.16. The van der Waals surface area contributed by atoms with Gasteiger partial charge in [0.2, 0.25) is 0 Å². The van der Waals surface area contributed by atoms with E-state index in [0.717, 1.165) is 29.4 Å². The molecule has 3 heteroatoms. The smallest absolute Gasteiger partial charge is 0.181 e. The van der Waals surface area contributed by atoms with Gasteiger partial charge in [-0.25, -0.2) is 4.98 Å². The number of aromatic nitrogens is 1. The molecule has 1 aromatic carbocycles. The van der Waals surface area contributed by atoms with E-state index in [-0.39, 0.29) is 0 Å². The highest BCUT2D eigenvalue weighted by molar-refractivity contribution is 5.61. The lowest BCUT2D eigenvalue weighted by molar-refractivity contribution is 0.443. The van der Waals surface area contributed by atoms with E-state index in [4.69, 9.17) is 10.2 Å². The van der Waals surface area contributed by atoms with Gasteiger partial charge in [-0.2, -0.15) is 0 Å². The van der Waals surface area contributed by atoms with Crippen LogP contribution in [0.5, 0.6) is 0 Å². The van der Waals surface area contributed by atoms with Crippen molar-refractivity contribution in [3.05, 3.63) is 42.0 Å². The molecule has 0 atom stereocenters. The monoisotopic (exact) mass is 270 g/mol. The Bertz CT molecular complexity index is 538. The van der Waals surface area contributed by atoms with E-state index in [1.54, 1.807) is 0 Å². The second kappa shape index (κ2) is 6.23. The second-order valence-corrected chi connectivity index (χ2v) is 5.62. The van der Waals surface area contributed by atoms with Gasteiger partial charge in [0.1, 0.15) is 11.5 Å². The highest BCUT2D eigenvalue weighted by atomic mass is 16.3. The topological polar surface area (TPSA) is 52.0 Å². The molecule has 1 saturated carbocycles. The summed E-state index contributed by atoms with van der Waals surface area (Å²) in [7, 11) is 0. The number of rotatable bonds is 4. The van der Waals surface area contributed by atoms with Gasteiger partial charge in [-0.15, -0.1) is 0 Å². The Morgan fingerprint density at radius 1 is 1.10 bits per heavy atom. The lowest BCUT2D eigenvalue weighted by Crippen LogP contribution is -2.04. The maximum Gasteiger partial charge on any atom is 0.181 e. The molecule has 2 aromatic rings. The molecule has 0 amide bonds. The van der Waals surface area contributed by atoms with Gasteiger partial charge in [-0.05, 0) is 30.9 Å². The third-order valence-electron chi connectivity index (χ3n) is 4.27. The lowest BCUT2D eigenvalue weighted by Gasteiger charge is -2.22. The van der Waals surface area contributed by atoms with Crippen LogP contribution in [0.2, 0.25) is 0 Å². The van der Waals surface area contributed by atoms with Gasteiger partial charge >= 0.3 is 0 Å². The fraction of sp³-hybridized carbons (Fsp3) is 0.471. The zero-order valence-corrected chi connectivity index (χ0v) is 11.8. The van der Waals surface area contributed by atoms with Crippen molar-refractivity contribution in [1.82, 2.24) is 4.98 Å². The van der Waals surface area contributed by atoms with Crippen molar-refractivity contribution in [2.45, 2.75) is 44.4 Å². The SMILES string of the molecule is NCCc1ocnc1-c1ccc(C2CCCCC2)cc1. The Kier molecular flexibility index (Phi) is 4.16. The minimum absolute atomic E-state index is 0.586. The van der Waals surface area contributed by atoms with E-state index >= 15 is 0 Å². The van der Waals surface area contributed by atoms with Crippen molar-refractivity contribution in [1.29, 1.82) is 0 Å². The number of hydrogen-bond acceptors (Lipinski definition) is 3. The third-order valence-corrected chi connectivity index (χ3v) is 4.27. The summed E-state index contributed by atoms with van der Waals surface area (Å²) >= 11 is 0. The maximum atomic E-state index is 5.60. The lowest BCUT2D eigenvalue weighted by atomic mass is 9.84. The standard InChI is InChI=1S/C17H22N2O/c18-11-10-16-17(19-12-20-16)15-8-6-14(7-9-15)13-4-2-1-3-5-13/h6-9,12-13H,1-5,10-11,18H2. The van der Waals surface area contributed by atoms with Gasteiger partial charge in [0.05, 0.1) is 0 Å². The van der Waals surface area contributed by atoms with E-state index < -0.39 is 0 Å². The Morgan fingerprint density at radius 2 is 1.85 bits per heavy atom. The van der Waals surface area contributed by atoms with Crippen LogP contribution >= 0.6 is 0 Å². The van der Waals surface area contributed by atoms with Crippen molar-refractivity contribution < 1.29 is 4.42 Å². The quantitative estimate of drug-likeness (QED) is 0.917. The number of nitrogens with zero attached hydrogens (tertiary/aromatic N) is 1. The molecular formula is C17H22N2O. The van der Waals surface area contributed by atoms with Crippen LogP contribution in [0.15, 0.2) is 35.1 Å². The van der Waals surface area contributed by atoms with Crippen molar-refractivity contribution in [2.24, 2.45) is 5.73 Å². The van der Waals surface area contributed by atoms with Crippen molar-refractivity contribution in [2.75, 3.05) is 6.54 Å². The summed E-state index contributed by atoms with van der Waals surface area (Å²) in [4.78, 5) is 4.33. The van der Waals surface area contributed by atoms with Crippen LogP contribution in [0.1, 0.15) is 49.3 Å². The summed E-state index contributed by atoms with van der Waals surface area (Å²) in [6.45, 7) is 0.586. The van der Waals surface area contributed by atoms with Crippen LogP contribution in [-0.4, -0.2) is 11.5 Å². The van der Waals surface area contributed by atoms with Gasteiger partial charge in [-0.1, -0.05) is 43.5 Å². The minimum Gasteiger partial charge on any atom is -0.448 e. The zero-order valence-electron chi connectivity index (χ0n) is 11.8. The molecule has 0 saturated heterocycles. The maximum absolute atomic E-state index is 5.60. The molecule has 3 nitrogen and oxygen atoms in total. The van der Waals surface area contributed by atoms with Crippen LogP contribution in [0, 0.1) is 0 Å². The molecule has 3 rings (SSSR count). The summed E-state index contributed by atoms with van der Waals surface area (Å²) in [5.74, 6) is 1.64. The first kappa shape index (κ1) is 13.4. The Balaban J connectivity index is 1.79. The summed E-state index contributed by atoms with van der Waals surface area (Å²) in [5.41, 5.74) is 9.13. The van der Waals surface area contributed by atoms with Crippen molar-refractivity contribution in [3.8, 4) is 11.3 Å². The summed E-state index contributed by atoms with van der Waals surface area (Å²) in [6, 6.07) is 8.85. The number of hydrogen-bond donors (Lipinski definition) is 1. The fourth-order valence-electron chi connectivity index (χ4n) is 3.16. The van der Waals surface area contributed by atoms with E-state index in [9.17, 15) is 0 Å². The molecule has 0 unspecified atom stereocenters. The molecular weight excluding hydrogens is 248 g/mol. The van der Waals surface area contributed by atoms with E-state index in [1.807, 2.05) is 0 Å². The summed E-state index contributed by atoms with van der Waals surface area (Å²) in [6.07, 6.45) is 9.06. The van der Waals surface area contributed by atoms with Crippen LogP contribution < -0.4 is 5.73 Å². The molecule has 1 aromatic heterocycles. The molecule has 0 aliphatic heterocycles. The first-order valence-corrected chi connectivity index (χ1v) is 7.61. The Morgan fingerprint density at radius 3 is 2.55 bits per heavy atom. The average molecular weight is 270 g/mol. The third kappa shape index (κ3) is 2.78. The molecule has 1 aliphatic rings. The molecule has 0 spiro atoms. The summed E-state index contributed by atoms with van der Waals surface area (Å²) in [5, 5.41) is 0.